The SMILES string of the molecule is C#CCCCN=C(N)NC1CCCC1. The van der Waals surface area contributed by atoms with Crippen LogP contribution < -0.4 is 11.1 Å². The first-order valence-corrected chi connectivity index (χ1v) is 5.33. The Morgan fingerprint density at radius 2 is 2.21 bits per heavy atom. The second-order valence-electron chi connectivity index (χ2n) is 3.70. The van der Waals surface area contributed by atoms with Crippen LogP contribution in [0.15, 0.2) is 4.99 Å². The maximum atomic E-state index is 5.72. The third kappa shape index (κ3) is 4.18. The van der Waals surface area contributed by atoms with Crippen molar-refractivity contribution >= 4 is 5.96 Å². The second kappa shape index (κ2) is 6.31. The number of nitrogens with one attached hydrogen (secondary N) is 1. The molecule has 0 radical (unpaired) electrons. The van der Waals surface area contributed by atoms with Gasteiger partial charge in [-0.1, -0.05) is 12.8 Å². The Balaban J connectivity index is 2.13. The number of rotatable bonds is 4. The molecule has 0 unspecified atom stereocenters. The molecule has 3 nitrogen and oxygen atoms in total. The molecule has 0 heterocycles. The molecule has 1 rings (SSSR count). The Morgan fingerprint density at radius 1 is 1.50 bits per heavy atom. The topological polar surface area (TPSA) is 50.4 Å². The van der Waals surface area contributed by atoms with E-state index in [4.69, 9.17) is 12.2 Å². The Morgan fingerprint density at radius 3 is 2.86 bits per heavy atom. The van der Waals surface area contributed by atoms with Crippen LogP contribution in [0.4, 0.5) is 0 Å². The Kier molecular flexibility index (Phi) is 4.92. The highest BCUT2D eigenvalue weighted by molar-refractivity contribution is 5.78. The number of terminal acetylenes is 1. The summed E-state index contributed by atoms with van der Waals surface area (Å²) in [4.78, 5) is 4.21. The van der Waals surface area contributed by atoms with Crippen LogP contribution in [-0.4, -0.2) is 18.5 Å². The van der Waals surface area contributed by atoms with E-state index < -0.39 is 0 Å². The minimum absolute atomic E-state index is 0.548. The maximum absolute atomic E-state index is 5.72. The fourth-order valence-electron chi connectivity index (χ4n) is 1.71. The van der Waals surface area contributed by atoms with Gasteiger partial charge in [0.15, 0.2) is 5.96 Å². The van der Waals surface area contributed by atoms with Crippen LogP contribution in [0.25, 0.3) is 0 Å². The molecule has 1 saturated carbocycles. The third-order valence-corrected chi connectivity index (χ3v) is 2.47. The average Bonchev–Trinajstić information content (AvgIpc) is 2.65. The van der Waals surface area contributed by atoms with Crippen molar-refractivity contribution in [3.05, 3.63) is 0 Å². The van der Waals surface area contributed by atoms with Crippen LogP contribution in [-0.2, 0) is 0 Å². The Hall–Kier alpha value is -1.17. The molecule has 1 fully saturated rings. The van der Waals surface area contributed by atoms with E-state index in [0.717, 1.165) is 19.4 Å². The first-order valence-electron chi connectivity index (χ1n) is 5.33. The van der Waals surface area contributed by atoms with Gasteiger partial charge in [-0.25, -0.2) is 0 Å². The van der Waals surface area contributed by atoms with Crippen molar-refractivity contribution in [3.63, 3.8) is 0 Å². The van der Waals surface area contributed by atoms with Crippen LogP contribution in [0, 0.1) is 12.3 Å². The second-order valence-corrected chi connectivity index (χ2v) is 3.70. The zero-order valence-electron chi connectivity index (χ0n) is 8.63. The number of nitrogens with two attached hydrogens (primary N) is 1. The van der Waals surface area contributed by atoms with E-state index in [1.807, 2.05) is 0 Å². The quantitative estimate of drug-likeness (QED) is 0.305. The minimum atomic E-state index is 0.548. The summed E-state index contributed by atoms with van der Waals surface area (Å²) in [5, 5.41) is 3.23. The summed E-state index contributed by atoms with van der Waals surface area (Å²) in [6.45, 7) is 0.732. The van der Waals surface area contributed by atoms with Crippen LogP contribution in [0.3, 0.4) is 0 Å². The molecule has 0 aromatic rings. The third-order valence-electron chi connectivity index (χ3n) is 2.47. The van der Waals surface area contributed by atoms with Gasteiger partial charge in [0, 0.05) is 19.0 Å². The highest BCUT2D eigenvalue weighted by Gasteiger charge is 2.14. The van der Waals surface area contributed by atoms with Gasteiger partial charge in [0.05, 0.1) is 0 Å². The molecule has 1 aliphatic rings. The van der Waals surface area contributed by atoms with Crippen molar-refractivity contribution in [3.8, 4) is 12.3 Å². The summed E-state index contributed by atoms with van der Waals surface area (Å²) < 4.78 is 0. The molecule has 0 saturated heterocycles. The summed E-state index contributed by atoms with van der Waals surface area (Å²) in [5.74, 6) is 3.16. The van der Waals surface area contributed by atoms with Crippen molar-refractivity contribution in [2.45, 2.75) is 44.6 Å². The summed E-state index contributed by atoms with van der Waals surface area (Å²) >= 11 is 0. The van der Waals surface area contributed by atoms with Crippen LogP contribution in [0.5, 0.6) is 0 Å². The highest BCUT2D eigenvalue weighted by Crippen LogP contribution is 2.17. The average molecular weight is 193 g/mol. The number of hydrogen-bond donors (Lipinski definition) is 2. The van der Waals surface area contributed by atoms with Crippen molar-refractivity contribution < 1.29 is 0 Å². The van der Waals surface area contributed by atoms with Gasteiger partial charge < -0.3 is 11.1 Å². The van der Waals surface area contributed by atoms with E-state index in [2.05, 4.69) is 16.2 Å². The lowest BCUT2D eigenvalue weighted by atomic mass is 10.2. The van der Waals surface area contributed by atoms with E-state index in [1.165, 1.54) is 25.7 Å². The van der Waals surface area contributed by atoms with Crippen LogP contribution >= 0.6 is 0 Å². The molecule has 0 aromatic carbocycles. The van der Waals surface area contributed by atoms with Crippen molar-refractivity contribution in [2.24, 2.45) is 10.7 Å². The van der Waals surface area contributed by atoms with Gasteiger partial charge in [-0.2, -0.15) is 0 Å². The smallest absolute Gasteiger partial charge is 0.188 e. The number of hydrogen-bond acceptors (Lipinski definition) is 1. The summed E-state index contributed by atoms with van der Waals surface area (Å²) in [6.07, 6.45) is 11.9. The summed E-state index contributed by atoms with van der Waals surface area (Å²) in [7, 11) is 0. The molecule has 3 heteroatoms. The van der Waals surface area contributed by atoms with Crippen LogP contribution in [0.1, 0.15) is 38.5 Å². The number of nitrogens with zero attached hydrogens (tertiary/aromatic N) is 1. The molecule has 0 atom stereocenters. The maximum Gasteiger partial charge on any atom is 0.188 e. The van der Waals surface area contributed by atoms with Crippen molar-refractivity contribution in [1.29, 1.82) is 0 Å². The molecule has 14 heavy (non-hydrogen) atoms. The van der Waals surface area contributed by atoms with E-state index >= 15 is 0 Å². The summed E-state index contributed by atoms with van der Waals surface area (Å²) in [6, 6.07) is 0.548. The lowest BCUT2D eigenvalue weighted by molar-refractivity contribution is 0.624. The first-order chi connectivity index (χ1) is 6.83. The molecule has 78 valence electrons. The first kappa shape index (κ1) is 10.9. The molecule has 0 bridgehead atoms. The monoisotopic (exact) mass is 193 g/mol. The van der Waals surface area contributed by atoms with E-state index in [1.54, 1.807) is 0 Å². The van der Waals surface area contributed by atoms with E-state index in [0.29, 0.717) is 12.0 Å². The van der Waals surface area contributed by atoms with Crippen molar-refractivity contribution in [1.82, 2.24) is 5.32 Å². The lowest BCUT2D eigenvalue weighted by Gasteiger charge is -2.11. The molecule has 3 N–H and O–H groups in total. The van der Waals surface area contributed by atoms with Gasteiger partial charge in [-0.3, -0.25) is 4.99 Å². The predicted octanol–water partition coefficient (Wildman–Crippen LogP) is 1.25. The minimum Gasteiger partial charge on any atom is -0.370 e. The van der Waals surface area contributed by atoms with Crippen molar-refractivity contribution in [2.75, 3.05) is 6.54 Å². The van der Waals surface area contributed by atoms with Gasteiger partial charge in [0.2, 0.25) is 0 Å². The van der Waals surface area contributed by atoms with Crippen LogP contribution in [0.2, 0.25) is 0 Å². The van der Waals surface area contributed by atoms with Gasteiger partial charge >= 0.3 is 0 Å². The fourth-order valence-corrected chi connectivity index (χ4v) is 1.71. The Bertz CT molecular complexity index is 221. The fraction of sp³-hybridized carbons (Fsp3) is 0.727. The molecule has 1 aliphatic carbocycles. The van der Waals surface area contributed by atoms with Gasteiger partial charge in [0.1, 0.15) is 0 Å². The van der Waals surface area contributed by atoms with E-state index in [9.17, 15) is 0 Å². The standard InChI is InChI=1S/C11H19N3/c1-2-3-6-9-13-11(12)14-10-7-4-5-8-10/h1,10H,3-9H2,(H3,12,13,14). The molecular formula is C11H19N3. The lowest BCUT2D eigenvalue weighted by Crippen LogP contribution is -2.38. The van der Waals surface area contributed by atoms with Gasteiger partial charge in [-0.15, -0.1) is 12.3 Å². The van der Waals surface area contributed by atoms with Gasteiger partial charge in [-0.05, 0) is 19.3 Å². The molecule has 0 spiro atoms. The molecule has 0 aliphatic heterocycles. The zero-order valence-corrected chi connectivity index (χ0v) is 8.63. The zero-order chi connectivity index (χ0) is 10.2. The van der Waals surface area contributed by atoms with Gasteiger partial charge in [0.25, 0.3) is 0 Å². The predicted molar refractivity (Wildman–Crippen MR) is 59.9 cm³/mol. The molecule has 0 amide bonds. The number of aliphatic imine (C=N–C) groups is 1. The highest BCUT2D eigenvalue weighted by atomic mass is 15.1. The number of guanidine groups is 1. The summed E-state index contributed by atoms with van der Waals surface area (Å²) in [5.41, 5.74) is 5.72. The van der Waals surface area contributed by atoms with E-state index in [-0.39, 0.29) is 0 Å². The normalized spacial score (nSPS) is 18.1. The Labute approximate surface area is 86.2 Å². The molecule has 0 aromatic heterocycles. The largest absolute Gasteiger partial charge is 0.370 e. The molecular weight excluding hydrogens is 174 g/mol. The number of unbranched alkanes of at least 4 members (excludes halogenated alkanes) is 1.